The van der Waals surface area contributed by atoms with Gasteiger partial charge < -0.3 is 5.11 Å². The molecule has 0 aliphatic carbocycles. The molecule has 0 saturated carbocycles. The number of rotatable bonds is 2. The first-order valence-corrected chi connectivity index (χ1v) is 4.49. The highest BCUT2D eigenvalue weighted by Crippen LogP contribution is 2.28. The van der Waals surface area contributed by atoms with Crippen LogP contribution in [0.5, 0.6) is 0 Å². The number of aliphatic imine (C=N–C) groups is 1. The molecule has 70 valence electrons. The first-order valence-electron chi connectivity index (χ1n) is 4.11. The summed E-state index contributed by atoms with van der Waals surface area (Å²) in [4.78, 5) is 4.12. The van der Waals surface area contributed by atoms with Gasteiger partial charge in [0.05, 0.1) is 11.8 Å². The van der Waals surface area contributed by atoms with Crippen LogP contribution in [0.25, 0.3) is 0 Å². The van der Waals surface area contributed by atoms with Crippen LogP contribution in [0, 0.1) is 0 Å². The van der Waals surface area contributed by atoms with Gasteiger partial charge in [0.1, 0.15) is 0 Å². The van der Waals surface area contributed by atoms with Crippen LogP contribution in [0.15, 0.2) is 23.2 Å². The number of aliphatic hydroxyl groups is 1. The normalized spacial score (nSPS) is 13.5. The molecule has 1 rings (SSSR count). The van der Waals surface area contributed by atoms with E-state index in [9.17, 15) is 5.11 Å². The fraction of sp³-hybridized carbons (Fsp3) is 0.300. The summed E-state index contributed by atoms with van der Waals surface area (Å²) < 4.78 is 0. The first-order chi connectivity index (χ1) is 6.15. The lowest BCUT2D eigenvalue weighted by Gasteiger charge is -2.08. The Labute approximate surface area is 82.9 Å². The average molecular weight is 198 g/mol. The van der Waals surface area contributed by atoms with Crippen LogP contribution >= 0.6 is 11.6 Å². The van der Waals surface area contributed by atoms with Gasteiger partial charge in [-0.2, -0.15) is 0 Å². The van der Waals surface area contributed by atoms with Crippen molar-refractivity contribution in [3.8, 4) is 0 Å². The minimum atomic E-state index is -0.518. The molecule has 3 heteroatoms. The molecule has 1 aromatic carbocycles. The van der Waals surface area contributed by atoms with Gasteiger partial charge in [0, 0.05) is 16.8 Å². The summed E-state index contributed by atoms with van der Waals surface area (Å²) in [6.07, 6.45) is 1.16. The van der Waals surface area contributed by atoms with E-state index in [4.69, 9.17) is 11.6 Å². The van der Waals surface area contributed by atoms with Crippen molar-refractivity contribution in [1.82, 2.24) is 0 Å². The number of halogens is 1. The molecule has 0 fully saturated rings. The third-order valence-corrected chi connectivity index (χ3v) is 1.95. The third kappa shape index (κ3) is 2.54. The van der Waals surface area contributed by atoms with Crippen molar-refractivity contribution >= 4 is 23.5 Å². The number of aliphatic hydroxyl groups excluding tert-OH is 1. The zero-order chi connectivity index (χ0) is 9.84. The number of hydrogen-bond acceptors (Lipinski definition) is 2. The van der Waals surface area contributed by atoms with Gasteiger partial charge in [-0.25, -0.2) is 0 Å². The molecule has 13 heavy (non-hydrogen) atoms. The fourth-order valence-electron chi connectivity index (χ4n) is 1.12. The second kappa shape index (κ2) is 4.40. The van der Waals surface area contributed by atoms with Crippen LogP contribution in [-0.4, -0.2) is 11.3 Å². The van der Waals surface area contributed by atoms with E-state index in [1.165, 1.54) is 0 Å². The predicted molar refractivity (Wildman–Crippen MR) is 55.9 cm³/mol. The van der Waals surface area contributed by atoms with Crippen LogP contribution < -0.4 is 0 Å². The van der Waals surface area contributed by atoms with Crippen LogP contribution in [0.4, 0.5) is 5.69 Å². The summed E-state index contributed by atoms with van der Waals surface area (Å²) in [5, 5.41) is 10.0. The summed E-state index contributed by atoms with van der Waals surface area (Å²) in [5.41, 5.74) is 1.52. The van der Waals surface area contributed by atoms with E-state index in [0.29, 0.717) is 5.02 Å². The summed E-state index contributed by atoms with van der Waals surface area (Å²) in [5.74, 6) is 0. The van der Waals surface area contributed by atoms with E-state index in [-0.39, 0.29) is 0 Å². The molecule has 0 radical (unpaired) electrons. The van der Waals surface area contributed by atoms with E-state index < -0.39 is 6.10 Å². The van der Waals surface area contributed by atoms with Gasteiger partial charge >= 0.3 is 0 Å². The average Bonchev–Trinajstić information content (AvgIpc) is 2.04. The van der Waals surface area contributed by atoms with Gasteiger partial charge in [-0.05, 0) is 26.0 Å². The highest BCUT2D eigenvalue weighted by Gasteiger charge is 2.06. The maximum absolute atomic E-state index is 9.41. The van der Waals surface area contributed by atoms with Gasteiger partial charge in [0.2, 0.25) is 0 Å². The standard InChI is InChI=1S/C10H12ClNO/c1-3-12-10-6-8(11)4-5-9(10)7(2)13/h3-7,13H,1-2H3/b12-3-. The quantitative estimate of drug-likeness (QED) is 0.726. The Morgan fingerprint density at radius 1 is 1.54 bits per heavy atom. The summed E-state index contributed by atoms with van der Waals surface area (Å²) in [7, 11) is 0. The highest BCUT2D eigenvalue weighted by molar-refractivity contribution is 6.30. The Kier molecular flexibility index (Phi) is 3.46. The molecule has 0 amide bonds. The van der Waals surface area contributed by atoms with Crippen LogP contribution in [0.2, 0.25) is 5.02 Å². The molecule has 0 saturated heterocycles. The molecule has 0 aromatic heterocycles. The van der Waals surface area contributed by atoms with Crippen molar-refractivity contribution in [2.24, 2.45) is 4.99 Å². The third-order valence-electron chi connectivity index (χ3n) is 1.71. The first kappa shape index (κ1) is 10.2. The Hall–Kier alpha value is -0.860. The summed E-state index contributed by atoms with van der Waals surface area (Å²) in [6.45, 7) is 3.53. The molecule has 1 aromatic rings. The SMILES string of the molecule is C/C=N\c1cc(Cl)ccc1C(C)O. The highest BCUT2D eigenvalue weighted by atomic mass is 35.5. The van der Waals surface area contributed by atoms with Crippen molar-refractivity contribution in [3.05, 3.63) is 28.8 Å². The second-order valence-electron chi connectivity index (χ2n) is 2.77. The lowest BCUT2D eigenvalue weighted by atomic mass is 10.1. The molecule has 1 N–H and O–H groups in total. The Balaban J connectivity index is 3.18. The van der Waals surface area contributed by atoms with Crippen molar-refractivity contribution in [2.45, 2.75) is 20.0 Å². The molecular weight excluding hydrogens is 186 g/mol. The van der Waals surface area contributed by atoms with Crippen molar-refractivity contribution in [2.75, 3.05) is 0 Å². The van der Waals surface area contributed by atoms with Gasteiger partial charge in [0.15, 0.2) is 0 Å². The van der Waals surface area contributed by atoms with Gasteiger partial charge in [0.25, 0.3) is 0 Å². The molecule has 0 heterocycles. The van der Waals surface area contributed by atoms with Crippen LogP contribution in [0.3, 0.4) is 0 Å². The van der Waals surface area contributed by atoms with Crippen LogP contribution in [-0.2, 0) is 0 Å². The predicted octanol–water partition coefficient (Wildman–Crippen LogP) is 3.12. The van der Waals surface area contributed by atoms with Crippen molar-refractivity contribution in [1.29, 1.82) is 0 Å². The number of hydrogen-bond donors (Lipinski definition) is 1. The molecular formula is C10H12ClNO. The fourth-order valence-corrected chi connectivity index (χ4v) is 1.29. The zero-order valence-electron chi connectivity index (χ0n) is 7.66. The Bertz CT molecular complexity index is 321. The molecule has 0 aliphatic rings. The lowest BCUT2D eigenvalue weighted by Crippen LogP contribution is -1.91. The van der Waals surface area contributed by atoms with Crippen molar-refractivity contribution < 1.29 is 5.11 Å². The summed E-state index contributed by atoms with van der Waals surface area (Å²) >= 11 is 5.80. The zero-order valence-corrected chi connectivity index (χ0v) is 8.42. The molecule has 1 atom stereocenters. The van der Waals surface area contributed by atoms with Gasteiger partial charge in [-0.3, -0.25) is 4.99 Å². The van der Waals surface area contributed by atoms with Gasteiger partial charge in [-0.1, -0.05) is 17.7 Å². The molecule has 1 unspecified atom stereocenters. The lowest BCUT2D eigenvalue weighted by molar-refractivity contribution is 0.200. The molecule has 0 aliphatic heterocycles. The maximum atomic E-state index is 9.41. The second-order valence-corrected chi connectivity index (χ2v) is 3.20. The largest absolute Gasteiger partial charge is 0.389 e. The smallest absolute Gasteiger partial charge is 0.0782 e. The molecule has 0 spiro atoms. The minimum absolute atomic E-state index is 0.518. The van der Waals surface area contributed by atoms with Crippen molar-refractivity contribution in [3.63, 3.8) is 0 Å². The van der Waals surface area contributed by atoms with E-state index in [1.54, 1.807) is 31.3 Å². The van der Waals surface area contributed by atoms with Gasteiger partial charge in [-0.15, -0.1) is 0 Å². The van der Waals surface area contributed by atoms with E-state index in [2.05, 4.69) is 4.99 Å². The monoisotopic (exact) mass is 197 g/mol. The number of benzene rings is 1. The van der Waals surface area contributed by atoms with E-state index >= 15 is 0 Å². The number of nitrogens with zero attached hydrogens (tertiary/aromatic N) is 1. The Morgan fingerprint density at radius 2 is 2.23 bits per heavy atom. The van der Waals surface area contributed by atoms with E-state index in [1.807, 2.05) is 6.92 Å². The maximum Gasteiger partial charge on any atom is 0.0782 e. The minimum Gasteiger partial charge on any atom is -0.389 e. The summed E-state index contributed by atoms with van der Waals surface area (Å²) in [6, 6.07) is 5.28. The Morgan fingerprint density at radius 3 is 2.77 bits per heavy atom. The topological polar surface area (TPSA) is 32.6 Å². The molecule has 2 nitrogen and oxygen atoms in total. The molecule has 0 bridgehead atoms. The van der Waals surface area contributed by atoms with E-state index in [0.717, 1.165) is 11.3 Å². The van der Waals surface area contributed by atoms with Crippen LogP contribution in [0.1, 0.15) is 25.5 Å².